The Kier molecular flexibility index (Phi) is 2.21. The molecule has 0 aliphatic heterocycles. The van der Waals surface area contributed by atoms with Gasteiger partial charge in [-0.1, -0.05) is 12.1 Å². The fourth-order valence-corrected chi connectivity index (χ4v) is 1.46. The van der Waals surface area contributed by atoms with E-state index in [4.69, 9.17) is 9.52 Å². The lowest BCUT2D eigenvalue weighted by atomic mass is 10.1. The highest BCUT2D eigenvalue weighted by Gasteiger charge is 2.14. The number of rotatable bonds is 2. The van der Waals surface area contributed by atoms with Crippen LogP contribution in [0.3, 0.4) is 0 Å². The minimum absolute atomic E-state index is 0.0639. The summed E-state index contributed by atoms with van der Waals surface area (Å²) in [7, 11) is 0. The lowest BCUT2D eigenvalue weighted by molar-refractivity contribution is 0.153. The second-order valence-electron chi connectivity index (χ2n) is 2.94. The van der Waals surface area contributed by atoms with Gasteiger partial charge in [-0.15, -0.1) is 0 Å². The molecule has 0 unspecified atom stereocenters. The molecule has 0 amide bonds. The van der Waals surface area contributed by atoms with E-state index in [9.17, 15) is 8.78 Å². The van der Waals surface area contributed by atoms with Crippen molar-refractivity contribution in [3.8, 4) is 0 Å². The molecule has 2 aromatic rings. The van der Waals surface area contributed by atoms with Crippen molar-refractivity contribution in [3.63, 3.8) is 0 Å². The molecule has 1 aromatic carbocycles. The normalized spacial score (nSPS) is 11.4. The Balaban J connectivity index is 2.72. The summed E-state index contributed by atoms with van der Waals surface area (Å²) < 4.78 is 30.0. The van der Waals surface area contributed by atoms with Crippen molar-refractivity contribution in [3.05, 3.63) is 35.6 Å². The van der Waals surface area contributed by atoms with Crippen LogP contribution in [0.4, 0.5) is 8.78 Å². The Morgan fingerprint density at radius 3 is 2.71 bits per heavy atom. The number of aliphatic hydroxyl groups is 1. The van der Waals surface area contributed by atoms with Crippen molar-refractivity contribution in [2.75, 3.05) is 0 Å². The van der Waals surface area contributed by atoms with Crippen LogP contribution in [0.15, 0.2) is 28.9 Å². The van der Waals surface area contributed by atoms with Gasteiger partial charge >= 0.3 is 0 Å². The third kappa shape index (κ3) is 1.28. The number of alkyl halides is 2. The molecule has 1 N–H and O–H groups in total. The van der Waals surface area contributed by atoms with Gasteiger partial charge in [0.2, 0.25) is 0 Å². The molecule has 1 aromatic heterocycles. The van der Waals surface area contributed by atoms with Crippen LogP contribution in [0, 0.1) is 0 Å². The Hall–Kier alpha value is -1.42. The molecule has 2 rings (SSSR count). The molecule has 0 bridgehead atoms. The zero-order valence-electron chi connectivity index (χ0n) is 7.21. The first-order chi connectivity index (χ1) is 6.74. The Morgan fingerprint density at radius 2 is 2.07 bits per heavy atom. The first-order valence-corrected chi connectivity index (χ1v) is 4.12. The summed E-state index contributed by atoms with van der Waals surface area (Å²) >= 11 is 0. The van der Waals surface area contributed by atoms with Crippen LogP contribution < -0.4 is 0 Å². The number of benzene rings is 1. The lowest BCUT2D eigenvalue weighted by Crippen LogP contribution is -1.89. The maximum Gasteiger partial charge on any atom is 0.264 e. The smallest absolute Gasteiger partial charge is 0.264 e. The number of halogens is 2. The Bertz CT molecular complexity index is 448. The van der Waals surface area contributed by atoms with Gasteiger partial charge in [0.05, 0.1) is 12.9 Å². The molecular weight excluding hydrogens is 190 g/mol. The quantitative estimate of drug-likeness (QED) is 0.804. The van der Waals surface area contributed by atoms with Gasteiger partial charge in [0.15, 0.2) is 0 Å². The predicted molar refractivity (Wildman–Crippen MR) is 47.1 cm³/mol. The van der Waals surface area contributed by atoms with Crippen molar-refractivity contribution in [1.29, 1.82) is 0 Å². The number of fused-ring (bicyclic) bond motifs is 1. The van der Waals surface area contributed by atoms with E-state index in [1.54, 1.807) is 0 Å². The third-order valence-electron chi connectivity index (χ3n) is 2.14. The zero-order valence-corrected chi connectivity index (χ0v) is 7.21. The molecular formula is C10H8F2O2. The number of furan rings is 1. The summed E-state index contributed by atoms with van der Waals surface area (Å²) in [5.74, 6) is 0. The molecule has 1 heterocycles. The zero-order chi connectivity index (χ0) is 10.1. The van der Waals surface area contributed by atoms with Gasteiger partial charge in [0.1, 0.15) is 5.58 Å². The van der Waals surface area contributed by atoms with Gasteiger partial charge in [-0.2, -0.15) is 0 Å². The number of hydrogen-bond donors (Lipinski definition) is 1. The highest BCUT2D eigenvalue weighted by Crippen LogP contribution is 2.30. The van der Waals surface area contributed by atoms with Crippen LogP contribution in [0.25, 0.3) is 11.0 Å². The first-order valence-electron chi connectivity index (χ1n) is 4.12. The predicted octanol–water partition coefficient (Wildman–Crippen LogP) is 2.86. The minimum atomic E-state index is -2.53. The standard InChI is InChI=1S/C10H8F2O2/c11-10(12)8-2-1-6(5-13)9-7(8)3-4-14-9/h1-4,10,13H,5H2. The van der Waals surface area contributed by atoms with E-state index < -0.39 is 6.43 Å². The molecule has 0 spiro atoms. The topological polar surface area (TPSA) is 33.4 Å². The van der Waals surface area contributed by atoms with Crippen LogP contribution in [0.5, 0.6) is 0 Å². The van der Waals surface area contributed by atoms with Crippen molar-refractivity contribution >= 4 is 11.0 Å². The molecule has 0 saturated carbocycles. The lowest BCUT2D eigenvalue weighted by Gasteiger charge is -2.03. The van der Waals surface area contributed by atoms with E-state index in [0.717, 1.165) is 0 Å². The maximum absolute atomic E-state index is 12.5. The van der Waals surface area contributed by atoms with Crippen LogP contribution >= 0.6 is 0 Å². The molecule has 14 heavy (non-hydrogen) atoms. The highest BCUT2D eigenvalue weighted by molar-refractivity contribution is 5.84. The monoisotopic (exact) mass is 198 g/mol. The van der Waals surface area contributed by atoms with E-state index in [0.29, 0.717) is 16.5 Å². The van der Waals surface area contributed by atoms with E-state index in [-0.39, 0.29) is 12.2 Å². The summed E-state index contributed by atoms with van der Waals surface area (Å²) in [6.45, 7) is -0.215. The molecule has 0 fully saturated rings. The van der Waals surface area contributed by atoms with E-state index >= 15 is 0 Å². The fraction of sp³-hybridized carbons (Fsp3) is 0.200. The number of hydrogen-bond acceptors (Lipinski definition) is 2. The minimum Gasteiger partial charge on any atom is -0.464 e. The SMILES string of the molecule is OCc1ccc(C(F)F)c2ccoc12. The van der Waals surface area contributed by atoms with Gasteiger partial charge in [-0.3, -0.25) is 0 Å². The highest BCUT2D eigenvalue weighted by atomic mass is 19.3. The number of aliphatic hydroxyl groups excluding tert-OH is 1. The Morgan fingerprint density at radius 1 is 1.29 bits per heavy atom. The van der Waals surface area contributed by atoms with Crippen molar-refractivity contribution < 1.29 is 18.3 Å². The van der Waals surface area contributed by atoms with Crippen LogP contribution in [-0.4, -0.2) is 5.11 Å². The van der Waals surface area contributed by atoms with Gasteiger partial charge < -0.3 is 9.52 Å². The van der Waals surface area contributed by atoms with E-state index in [1.807, 2.05) is 0 Å². The average molecular weight is 198 g/mol. The molecule has 0 saturated heterocycles. The van der Waals surface area contributed by atoms with Gasteiger partial charge in [0, 0.05) is 16.5 Å². The molecule has 0 aliphatic rings. The van der Waals surface area contributed by atoms with E-state index in [1.165, 1.54) is 24.5 Å². The second-order valence-corrected chi connectivity index (χ2v) is 2.94. The fourth-order valence-electron chi connectivity index (χ4n) is 1.46. The van der Waals surface area contributed by atoms with Crippen molar-refractivity contribution in [1.82, 2.24) is 0 Å². The Labute approximate surface area is 78.8 Å². The van der Waals surface area contributed by atoms with Crippen molar-refractivity contribution in [2.45, 2.75) is 13.0 Å². The summed E-state index contributed by atoms with van der Waals surface area (Å²) in [6, 6.07) is 4.25. The second kappa shape index (κ2) is 3.38. The molecule has 0 atom stereocenters. The summed E-state index contributed by atoms with van der Waals surface area (Å²) in [5, 5.41) is 9.30. The first kappa shape index (κ1) is 9.15. The third-order valence-corrected chi connectivity index (χ3v) is 2.14. The molecule has 0 radical (unpaired) electrons. The van der Waals surface area contributed by atoms with E-state index in [2.05, 4.69) is 0 Å². The van der Waals surface area contributed by atoms with Gasteiger partial charge in [0.25, 0.3) is 6.43 Å². The van der Waals surface area contributed by atoms with Crippen LogP contribution in [-0.2, 0) is 6.61 Å². The molecule has 0 aliphatic carbocycles. The molecule has 2 nitrogen and oxygen atoms in total. The van der Waals surface area contributed by atoms with Crippen molar-refractivity contribution in [2.24, 2.45) is 0 Å². The maximum atomic E-state index is 12.5. The summed E-state index contributed by atoms with van der Waals surface area (Å²) in [4.78, 5) is 0. The van der Waals surface area contributed by atoms with Crippen LogP contribution in [0.1, 0.15) is 17.6 Å². The molecule has 4 heteroatoms. The average Bonchev–Trinajstić information content (AvgIpc) is 2.64. The largest absolute Gasteiger partial charge is 0.464 e. The van der Waals surface area contributed by atoms with Crippen LogP contribution in [0.2, 0.25) is 0 Å². The summed E-state index contributed by atoms with van der Waals surface area (Å²) in [5.41, 5.74) is 0.797. The van der Waals surface area contributed by atoms with Gasteiger partial charge in [-0.05, 0) is 6.07 Å². The van der Waals surface area contributed by atoms with Gasteiger partial charge in [-0.25, -0.2) is 8.78 Å². The summed E-state index contributed by atoms with van der Waals surface area (Å²) in [6.07, 6.45) is -1.18. The molecule has 74 valence electrons.